The van der Waals surface area contributed by atoms with Gasteiger partial charge >= 0.3 is 0 Å². The van der Waals surface area contributed by atoms with Crippen molar-refractivity contribution in [3.8, 4) is 0 Å². The van der Waals surface area contributed by atoms with Crippen molar-refractivity contribution in [2.75, 3.05) is 13.6 Å². The molecule has 2 rings (SSSR count). The van der Waals surface area contributed by atoms with Gasteiger partial charge in [-0.25, -0.2) is 4.98 Å². The second-order valence-corrected chi connectivity index (χ2v) is 4.62. The van der Waals surface area contributed by atoms with Crippen molar-refractivity contribution in [3.63, 3.8) is 0 Å². The standard InChI is InChI=1S/C14H18N4O/c1-5-17(3)13(15)10-6-7-11-12(8-10)16-9(2)18(4)14(11)19/h6-8,15H,5H2,1-4H3. The Labute approximate surface area is 112 Å². The van der Waals surface area contributed by atoms with Crippen molar-refractivity contribution in [3.05, 3.63) is 39.9 Å². The minimum Gasteiger partial charge on any atom is -0.360 e. The van der Waals surface area contributed by atoms with Gasteiger partial charge in [0.1, 0.15) is 11.7 Å². The summed E-state index contributed by atoms with van der Waals surface area (Å²) in [7, 11) is 3.58. The van der Waals surface area contributed by atoms with Gasteiger partial charge < -0.3 is 4.90 Å². The molecule has 0 radical (unpaired) electrons. The van der Waals surface area contributed by atoms with E-state index in [-0.39, 0.29) is 5.56 Å². The molecule has 0 saturated heterocycles. The Kier molecular flexibility index (Phi) is 3.38. The molecule has 1 aromatic heterocycles. The zero-order chi connectivity index (χ0) is 14.2. The van der Waals surface area contributed by atoms with E-state index in [1.807, 2.05) is 18.9 Å². The van der Waals surface area contributed by atoms with E-state index in [2.05, 4.69) is 4.98 Å². The van der Waals surface area contributed by atoms with Crippen LogP contribution in [-0.2, 0) is 7.05 Å². The van der Waals surface area contributed by atoms with Crippen LogP contribution in [-0.4, -0.2) is 33.9 Å². The Bertz CT molecular complexity index is 702. The first-order valence-electron chi connectivity index (χ1n) is 6.23. The van der Waals surface area contributed by atoms with Gasteiger partial charge in [0.05, 0.1) is 10.9 Å². The SMILES string of the molecule is CCN(C)C(=N)c1ccc2c(=O)n(C)c(C)nc2c1. The maximum Gasteiger partial charge on any atom is 0.261 e. The number of hydrogen-bond donors (Lipinski definition) is 1. The molecule has 0 aliphatic heterocycles. The smallest absolute Gasteiger partial charge is 0.261 e. The second-order valence-electron chi connectivity index (χ2n) is 4.62. The topological polar surface area (TPSA) is 62.0 Å². The van der Waals surface area contributed by atoms with E-state index in [4.69, 9.17) is 5.41 Å². The summed E-state index contributed by atoms with van der Waals surface area (Å²) in [5, 5.41) is 8.66. The molecule has 0 bridgehead atoms. The van der Waals surface area contributed by atoms with Gasteiger partial charge in [0.15, 0.2) is 0 Å². The van der Waals surface area contributed by atoms with Crippen LogP contribution in [0.1, 0.15) is 18.3 Å². The number of nitrogens with zero attached hydrogens (tertiary/aromatic N) is 3. The van der Waals surface area contributed by atoms with Gasteiger partial charge in [-0.05, 0) is 26.0 Å². The van der Waals surface area contributed by atoms with Crippen molar-refractivity contribution in [1.82, 2.24) is 14.5 Å². The summed E-state index contributed by atoms with van der Waals surface area (Å²) in [6.07, 6.45) is 0. The highest BCUT2D eigenvalue weighted by Crippen LogP contribution is 2.12. The highest BCUT2D eigenvalue weighted by Gasteiger charge is 2.10. The van der Waals surface area contributed by atoms with Crippen molar-refractivity contribution in [2.45, 2.75) is 13.8 Å². The van der Waals surface area contributed by atoms with Gasteiger partial charge in [0, 0.05) is 26.2 Å². The molecule has 1 N–H and O–H groups in total. The van der Waals surface area contributed by atoms with Crippen LogP contribution in [0.5, 0.6) is 0 Å². The molecule has 0 aliphatic carbocycles. The molecular formula is C14H18N4O. The normalized spacial score (nSPS) is 10.7. The molecule has 2 aromatic rings. The van der Waals surface area contributed by atoms with Gasteiger partial charge in [-0.15, -0.1) is 0 Å². The van der Waals surface area contributed by atoms with Crippen molar-refractivity contribution >= 4 is 16.7 Å². The predicted octanol–water partition coefficient (Wildman–Crippen LogP) is 1.52. The average molecular weight is 258 g/mol. The van der Waals surface area contributed by atoms with Crippen LogP contribution in [0.15, 0.2) is 23.0 Å². The number of benzene rings is 1. The minimum absolute atomic E-state index is 0.0515. The van der Waals surface area contributed by atoms with Crippen LogP contribution in [0.25, 0.3) is 10.9 Å². The second kappa shape index (κ2) is 4.84. The van der Waals surface area contributed by atoms with E-state index in [0.29, 0.717) is 22.6 Å². The Morgan fingerprint density at radius 3 is 2.79 bits per heavy atom. The molecule has 0 amide bonds. The van der Waals surface area contributed by atoms with Crippen LogP contribution >= 0.6 is 0 Å². The molecule has 5 nitrogen and oxygen atoms in total. The Hall–Kier alpha value is -2.17. The molecule has 0 atom stereocenters. The maximum atomic E-state index is 12.1. The maximum absolute atomic E-state index is 12.1. The Balaban J connectivity index is 2.62. The lowest BCUT2D eigenvalue weighted by Gasteiger charge is -2.18. The number of fused-ring (bicyclic) bond motifs is 1. The quantitative estimate of drug-likeness (QED) is 0.656. The first-order valence-corrected chi connectivity index (χ1v) is 6.23. The Morgan fingerprint density at radius 1 is 1.47 bits per heavy atom. The van der Waals surface area contributed by atoms with Crippen LogP contribution in [0.4, 0.5) is 0 Å². The van der Waals surface area contributed by atoms with Crippen LogP contribution in [0.3, 0.4) is 0 Å². The van der Waals surface area contributed by atoms with Crippen LogP contribution < -0.4 is 5.56 Å². The van der Waals surface area contributed by atoms with Crippen molar-refractivity contribution in [2.24, 2.45) is 7.05 Å². The number of hydrogen-bond acceptors (Lipinski definition) is 3. The highest BCUT2D eigenvalue weighted by atomic mass is 16.1. The molecule has 1 heterocycles. The predicted molar refractivity (Wildman–Crippen MR) is 76.9 cm³/mol. The molecular weight excluding hydrogens is 240 g/mol. The van der Waals surface area contributed by atoms with E-state index >= 15 is 0 Å². The molecule has 19 heavy (non-hydrogen) atoms. The lowest BCUT2D eigenvalue weighted by molar-refractivity contribution is 0.533. The lowest BCUT2D eigenvalue weighted by atomic mass is 10.1. The largest absolute Gasteiger partial charge is 0.360 e. The Morgan fingerprint density at radius 2 is 2.16 bits per heavy atom. The number of aromatic nitrogens is 2. The lowest BCUT2D eigenvalue weighted by Crippen LogP contribution is -2.26. The molecule has 0 saturated carbocycles. The summed E-state index contributed by atoms with van der Waals surface area (Å²) in [4.78, 5) is 18.3. The van der Waals surface area contributed by atoms with Crippen LogP contribution in [0, 0.1) is 12.3 Å². The first kappa shape index (κ1) is 13.3. The molecule has 1 aromatic carbocycles. The minimum atomic E-state index is -0.0515. The number of amidine groups is 1. The summed E-state index contributed by atoms with van der Waals surface area (Å²) in [6, 6.07) is 5.35. The van der Waals surface area contributed by atoms with Gasteiger partial charge in [0.25, 0.3) is 5.56 Å². The van der Waals surface area contributed by atoms with Gasteiger partial charge in [-0.3, -0.25) is 14.8 Å². The average Bonchev–Trinajstić information content (AvgIpc) is 2.42. The fraction of sp³-hybridized carbons (Fsp3) is 0.357. The van der Waals surface area contributed by atoms with Gasteiger partial charge in [-0.1, -0.05) is 6.07 Å². The summed E-state index contributed by atoms with van der Waals surface area (Å²) in [5.41, 5.74) is 1.37. The monoisotopic (exact) mass is 258 g/mol. The molecule has 5 heteroatoms. The van der Waals surface area contributed by atoms with E-state index in [9.17, 15) is 4.79 Å². The third-order valence-corrected chi connectivity index (χ3v) is 3.43. The fourth-order valence-electron chi connectivity index (χ4n) is 1.91. The third kappa shape index (κ3) is 2.23. The fourth-order valence-corrected chi connectivity index (χ4v) is 1.91. The molecule has 100 valence electrons. The zero-order valence-electron chi connectivity index (χ0n) is 11.7. The summed E-state index contributed by atoms with van der Waals surface area (Å²) in [6.45, 7) is 4.56. The molecule has 0 unspecified atom stereocenters. The van der Waals surface area contributed by atoms with E-state index in [1.54, 1.807) is 32.2 Å². The van der Waals surface area contributed by atoms with Crippen LogP contribution in [0.2, 0.25) is 0 Å². The third-order valence-electron chi connectivity index (χ3n) is 3.43. The van der Waals surface area contributed by atoms with Gasteiger partial charge in [-0.2, -0.15) is 0 Å². The van der Waals surface area contributed by atoms with Crippen molar-refractivity contribution in [1.29, 1.82) is 5.41 Å². The highest BCUT2D eigenvalue weighted by molar-refractivity contribution is 5.99. The first-order chi connectivity index (χ1) is 8.95. The van der Waals surface area contributed by atoms with Gasteiger partial charge in [0.2, 0.25) is 0 Å². The molecule has 0 spiro atoms. The van der Waals surface area contributed by atoms with E-state index in [0.717, 1.165) is 12.1 Å². The number of nitrogens with one attached hydrogen (secondary N) is 1. The summed E-state index contributed by atoms with van der Waals surface area (Å²) in [5.74, 6) is 1.11. The van der Waals surface area contributed by atoms with E-state index < -0.39 is 0 Å². The summed E-state index contributed by atoms with van der Waals surface area (Å²) < 4.78 is 1.53. The zero-order valence-corrected chi connectivity index (χ0v) is 11.7. The summed E-state index contributed by atoms with van der Waals surface area (Å²) >= 11 is 0. The molecule has 0 fully saturated rings. The van der Waals surface area contributed by atoms with E-state index in [1.165, 1.54) is 4.57 Å². The molecule has 0 aliphatic rings. The number of rotatable bonds is 2. The number of aryl methyl sites for hydroxylation is 1. The van der Waals surface area contributed by atoms with Crippen molar-refractivity contribution < 1.29 is 0 Å².